The molecule has 1 aromatic heterocycles. The van der Waals surface area contributed by atoms with Crippen LogP contribution in [0.2, 0.25) is 0 Å². The molecule has 0 atom stereocenters. The molecule has 0 aromatic carbocycles. The molecule has 0 spiro atoms. The lowest BCUT2D eigenvalue weighted by atomic mass is 10.5. The van der Waals surface area contributed by atoms with Crippen LogP contribution in [0.5, 0.6) is 0 Å². The lowest BCUT2D eigenvalue weighted by molar-refractivity contribution is -0.115. The highest BCUT2D eigenvalue weighted by molar-refractivity contribution is 7.91. The third kappa shape index (κ3) is 3.70. The van der Waals surface area contributed by atoms with E-state index in [-0.39, 0.29) is 27.7 Å². The number of rotatable bonds is 4. The van der Waals surface area contributed by atoms with Gasteiger partial charge in [0.15, 0.2) is 0 Å². The van der Waals surface area contributed by atoms with E-state index in [1.165, 1.54) is 0 Å². The molecule has 0 unspecified atom stereocenters. The summed E-state index contributed by atoms with van der Waals surface area (Å²) in [6, 6.07) is 0. The Morgan fingerprint density at radius 2 is 2.20 bits per heavy atom. The second-order valence-corrected chi connectivity index (χ2v) is 5.50. The van der Waals surface area contributed by atoms with Gasteiger partial charge in [-0.05, 0) is 0 Å². The van der Waals surface area contributed by atoms with E-state index in [4.69, 9.17) is 16.7 Å². The second-order valence-electron chi connectivity index (χ2n) is 2.41. The van der Waals surface area contributed by atoms with E-state index >= 15 is 0 Å². The maximum absolute atomic E-state index is 11.0. The summed E-state index contributed by atoms with van der Waals surface area (Å²) in [4.78, 5) is 11.0. The van der Waals surface area contributed by atoms with Crippen LogP contribution < -0.4 is 10.5 Å². The van der Waals surface area contributed by atoms with Crippen molar-refractivity contribution in [2.45, 2.75) is 10.8 Å². The molecule has 0 saturated carbocycles. The largest absolute Gasteiger partial charge is 0.300 e. The Hall–Kier alpha value is -0.770. The number of amides is 1. The van der Waals surface area contributed by atoms with E-state index in [2.05, 4.69) is 15.5 Å². The zero-order chi connectivity index (χ0) is 11.5. The van der Waals surface area contributed by atoms with Crippen LogP contribution in [0.4, 0.5) is 5.13 Å². The van der Waals surface area contributed by atoms with Gasteiger partial charge in [-0.25, -0.2) is 13.6 Å². The van der Waals surface area contributed by atoms with Crippen LogP contribution >= 0.6 is 22.9 Å². The fraction of sp³-hybridized carbons (Fsp3) is 0.400. The Labute approximate surface area is 94.7 Å². The summed E-state index contributed by atoms with van der Waals surface area (Å²) >= 11 is 6.01. The van der Waals surface area contributed by atoms with E-state index in [9.17, 15) is 13.2 Å². The van der Waals surface area contributed by atoms with Crippen molar-refractivity contribution in [1.82, 2.24) is 10.2 Å². The molecule has 3 N–H and O–H groups in total. The van der Waals surface area contributed by atoms with Crippen LogP contribution in [0.25, 0.3) is 0 Å². The van der Waals surface area contributed by atoms with Gasteiger partial charge in [0.1, 0.15) is 0 Å². The Balaban J connectivity index is 2.73. The molecule has 0 fully saturated rings. The number of hydrogen-bond acceptors (Lipinski definition) is 6. The fourth-order valence-electron chi connectivity index (χ4n) is 0.643. The van der Waals surface area contributed by atoms with Gasteiger partial charge < -0.3 is 5.32 Å². The number of hydrogen-bond donors (Lipinski definition) is 2. The molecule has 15 heavy (non-hydrogen) atoms. The van der Waals surface area contributed by atoms with E-state index < -0.39 is 10.0 Å². The summed E-state index contributed by atoms with van der Waals surface area (Å²) in [6.07, 6.45) is 0.117. The summed E-state index contributed by atoms with van der Waals surface area (Å²) in [6.45, 7) is 0. The van der Waals surface area contributed by atoms with Crippen molar-refractivity contribution < 1.29 is 13.2 Å². The molecule has 0 aliphatic heterocycles. The maximum Gasteiger partial charge on any atom is 0.267 e. The molecule has 1 amide bonds. The first kappa shape index (κ1) is 12.3. The Morgan fingerprint density at radius 3 is 2.67 bits per heavy atom. The monoisotopic (exact) mass is 270 g/mol. The summed E-state index contributed by atoms with van der Waals surface area (Å²) in [5.41, 5.74) is 0. The van der Waals surface area contributed by atoms with Crippen LogP contribution in [0.15, 0.2) is 4.34 Å². The van der Waals surface area contributed by atoms with Gasteiger partial charge in [-0.3, -0.25) is 4.79 Å². The second kappa shape index (κ2) is 4.84. The average Bonchev–Trinajstić information content (AvgIpc) is 2.52. The van der Waals surface area contributed by atoms with Crippen LogP contribution in [0.3, 0.4) is 0 Å². The molecule has 0 aliphatic rings. The Bertz CT molecular complexity index is 457. The van der Waals surface area contributed by atoms with Gasteiger partial charge in [-0.15, -0.1) is 21.8 Å². The van der Waals surface area contributed by atoms with Gasteiger partial charge in [-0.1, -0.05) is 11.3 Å². The molecule has 1 heterocycles. The molecule has 0 saturated heterocycles. The lowest BCUT2D eigenvalue weighted by Crippen LogP contribution is -2.11. The molecule has 0 bridgehead atoms. The minimum absolute atomic E-state index is 0.0779. The third-order valence-corrected chi connectivity index (χ3v) is 3.56. The molecule has 1 aromatic rings. The quantitative estimate of drug-likeness (QED) is 0.578. The number of nitrogens with one attached hydrogen (secondary N) is 1. The minimum Gasteiger partial charge on any atom is -0.300 e. The number of nitrogens with two attached hydrogens (primary N) is 1. The molecule has 0 radical (unpaired) electrons. The topological polar surface area (TPSA) is 115 Å². The van der Waals surface area contributed by atoms with Crippen molar-refractivity contribution in [3.05, 3.63) is 0 Å². The van der Waals surface area contributed by atoms with Crippen molar-refractivity contribution in [1.29, 1.82) is 0 Å². The molecule has 7 nitrogen and oxygen atoms in total. The number of nitrogens with zero attached hydrogens (tertiary/aromatic N) is 2. The minimum atomic E-state index is -3.86. The molecule has 84 valence electrons. The maximum atomic E-state index is 11.0. The first-order valence-corrected chi connectivity index (χ1v) is 6.55. The zero-order valence-electron chi connectivity index (χ0n) is 7.31. The zero-order valence-corrected chi connectivity index (χ0v) is 9.69. The number of alkyl halides is 1. The third-order valence-electron chi connectivity index (χ3n) is 1.22. The summed E-state index contributed by atoms with van der Waals surface area (Å²) in [7, 11) is -3.86. The number of anilines is 1. The SMILES string of the molecule is NS(=O)(=O)c1nnc(NC(=O)CCCl)s1. The van der Waals surface area contributed by atoms with Gasteiger partial charge in [0, 0.05) is 12.3 Å². The van der Waals surface area contributed by atoms with Crippen molar-refractivity contribution in [3.63, 3.8) is 0 Å². The highest BCUT2D eigenvalue weighted by Crippen LogP contribution is 2.18. The van der Waals surface area contributed by atoms with Crippen LogP contribution in [-0.4, -0.2) is 30.4 Å². The highest BCUT2D eigenvalue weighted by atomic mass is 35.5. The number of primary sulfonamides is 1. The first-order valence-electron chi connectivity index (χ1n) is 3.65. The lowest BCUT2D eigenvalue weighted by Gasteiger charge is -1.95. The standard InChI is InChI=1S/C5H7ClN4O3S2/c6-2-1-3(11)8-4-9-10-5(14-4)15(7,12)13/h1-2H2,(H2,7,12,13)(H,8,9,11). The number of halogens is 1. The van der Waals surface area contributed by atoms with E-state index in [1.54, 1.807) is 0 Å². The molecular weight excluding hydrogens is 264 g/mol. The van der Waals surface area contributed by atoms with Crippen LogP contribution in [0, 0.1) is 0 Å². The summed E-state index contributed by atoms with van der Waals surface area (Å²) in [5.74, 6) is -0.186. The first-order chi connectivity index (χ1) is 6.93. The molecule has 1 rings (SSSR count). The normalized spacial score (nSPS) is 11.3. The number of carbonyl (C=O) groups excluding carboxylic acids is 1. The van der Waals surface area contributed by atoms with Gasteiger partial charge in [-0.2, -0.15) is 0 Å². The van der Waals surface area contributed by atoms with Gasteiger partial charge >= 0.3 is 0 Å². The van der Waals surface area contributed by atoms with E-state index in [1.807, 2.05) is 0 Å². The highest BCUT2D eigenvalue weighted by Gasteiger charge is 2.15. The molecule has 0 aliphatic carbocycles. The van der Waals surface area contributed by atoms with E-state index in [0.29, 0.717) is 11.3 Å². The van der Waals surface area contributed by atoms with Crippen molar-refractivity contribution >= 4 is 44.0 Å². The van der Waals surface area contributed by atoms with Crippen molar-refractivity contribution in [2.75, 3.05) is 11.2 Å². The van der Waals surface area contributed by atoms with Crippen molar-refractivity contribution in [2.24, 2.45) is 5.14 Å². The Kier molecular flexibility index (Phi) is 3.97. The van der Waals surface area contributed by atoms with Crippen LogP contribution in [0.1, 0.15) is 6.42 Å². The van der Waals surface area contributed by atoms with E-state index in [0.717, 1.165) is 0 Å². The molecular formula is C5H7ClN4O3S2. The number of aromatic nitrogens is 2. The smallest absolute Gasteiger partial charge is 0.267 e. The van der Waals surface area contributed by atoms with Crippen molar-refractivity contribution in [3.8, 4) is 0 Å². The molecule has 10 heteroatoms. The fourth-order valence-corrected chi connectivity index (χ4v) is 2.16. The van der Waals surface area contributed by atoms with Gasteiger partial charge in [0.25, 0.3) is 10.0 Å². The van der Waals surface area contributed by atoms with Gasteiger partial charge in [0.2, 0.25) is 15.4 Å². The summed E-state index contributed by atoms with van der Waals surface area (Å²) in [5, 5.41) is 14.0. The predicted molar refractivity (Wildman–Crippen MR) is 55.2 cm³/mol. The number of carbonyl (C=O) groups is 1. The Morgan fingerprint density at radius 1 is 1.53 bits per heavy atom. The summed E-state index contributed by atoms with van der Waals surface area (Å²) < 4.78 is 21.3. The van der Waals surface area contributed by atoms with Gasteiger partial charge in [0.05, 0.1) is 0 Å². The van der Waals surface area contributed by atoms with Crippen LogP contribution in [-0.2, 0) is 14.8 Å². The average molecular weight is 271 g/mol. The number of sulfonamides is 1. The predicted octanol–water partition coefficient (Wildman–Crippen LogP) is -0.247.